The standard InChI is InChI=1S/C21H23ClFN3O4/c1-12(2)19(24-20(28)14-4-6-15(23)7-5-14)21(29)26-25-18(27)11-30-16-8-9-17(22)13(3)10-16/h4-10,12,19H,11H2,1-3H3,(H,24,28)(H,25,27)(H,26,29)/t19-/m0/s1. The zero-order valence-electron chi connectivity index (χ0n) is 16.8. The molecule has 30 heavy (non-hydrogen) atoms. The topological polar surface area (TPSA) is 96.5 Å². The number of hydrogen-bond acceptors (Lipinski definition) is 4. The number of aryl methyl sites for hydroxylation is 1. The minimum atomic E-state index is -0.914. The van der Waals surface area contributed by atoms with E-state index in [0.717, 1.165) is 17.7 Å². The third kappa shape index (κ3) is 6.73. The van der Waals surface area contributed by atoms with Crippen LogP contribution in [0.4, 0.5) is 4.39 Å². The Kier molecular flexibility index (Phi) is 8.17. The summed E-state index contributed by atoms with van der Waals surface area (Å²) >= 11 is 5.94. The van der Waals surface area contributed by atoms with E-state index in [4.69, 9.17) is 16.3 Å². The van der Waals surface area contributed by atoms with Crippen molar-refractivity contribution in [2.45, 2.75) is 26.8 Å². The second-order valence-corrected chi connectivity index (χ2v) is 7.35. The third-order valence-corrected chi connectivity index (χ3v) is 4.59. The molecule has 0 fully saturated rings. The highest BCUT2D eigenvalue weighted by Gasteiger charge is 2.25. The lowest BCUT2D eigenvalue weighted by atomic mass is 10.0. The van der Waals surface area contributed by atoms with Crippen molar-refractivity contribution in [3.8, 4) is 5.75 Å². The predicted molar refractivity (Wildman–Crippen MR) is 110 cm³/mol. The lowest BCUT2D eigenvalue weighted by Gasteiger charge is -2.22. The van der Waals surface area contributed by atoms with Crippen LogP contribution < -0.4 is 20.9 Å². The van der Waals surface area contributed by atoms with Crippen molar-refractivity contribution in [1.82, 2.24) is 16.2 Å². The van der Waals surface area contributed by atoms with Crippen LogP contribution in [0, 0.1) is 18.7 Å². The average Bonchev–Trinajstić information content (AvgIpc) is 2.71. The number of benzene rings is 2. The maximum absolute atomic E-state index is 13.0. The lowest BCUT2D eigenvalue weighted by Crippen LogP contribution is -2.55. The second kappa shape index (κ2) is 10.6. The number of nitrogens with one attached hydrogen (secondary N) is 3. The molecular weight excluding hydrogens is 413 g/mol. The molecule has 2 aromatic rings. The van der Waals surface area contributed by atoms with Crippen LogP contribution in [0.25, 0.3) is 0 Å². The van der Waals surface area contributed by atoms with Crippen molar-refractivity contribution < 1.29 is 23.5 Å². The van der Waals surface area contributed by atoms with Crippen LogP contribution in [0.3, 0.4) is 0 Å². The van der Waals surface area contributed by atoms with Gasteiger partial charge in [-0.2, -0.15) is 0 Å². The first-order chi connectivity index (χ1) is 14.2. The third-order valence-electron chi connectivity index (χ3n) is 4.17. The van der Waals surface area contributed by atoms with Gasteiger partial charge in [-0.3, -0.25) is 25.2 Å². The summed E-state index contributed by atoms with van der Waals surface area (Å²) in [6.45, 7) is 4.96. The monoisotopic (exact) mass is 435 g/mol. The molecule has 2 aromatic carbocycles. The molecule has 7 nitrogen and oxygen atoms in total. The first-order valence-corrected chi connectivity index (χ1v) is 9.59. The van der Waals surface area contributed by atoms with E-state index in [9.17, 15) is 18.8 Å². The van der Waals surface area contributed by atoms with Gasteiger partial charge in [-0.15, -0.1) is 0 Å². The van der Waals surface area contributed by atoms with Crippen LogP contribution in [0.5, 0.6) is 5.75 Å². The Balaban J connectivity index is 1.86. The largest absolute Gasteiger partial charge is 0.484 e. The Bertz CT molecular complexity index is 919. The fourth-order valence-electron chi connectivity index (χ4n) is 2.46. The zero-order chi connectivity index (χ0) is 22.3. The smallest absolute Gasteiger partial charge is 0.276 e. The number of amides is 3. The lowest BCUT2D eigenvalue weighted by molar-refractivity contribution is -0.131. The molecule has 0 aliphatic heterocycles. The van der Waals surface area contributed by atoms with Gasteiger partial charge in [0.1, 0.15) is 17.6 Å². The summed E-state index contributed by atoms with van der Waals surface area (Å²) in [6.07, 6.45) is 0. The molecule has 0 spiro atoms. The van der Waals surface area contributed by atoms with Crippen molar-refractivity contribution in [3.63, 3.8) is 0 Å². The summed E-state index contributed by atoms with van der Waals surface area (Å²) in [6, 6.07) is 9.00. The summed E-state index contributed by atoms with van der Waals surface area (Å²) in [5.74, 6) is -1.98. The first-order valence-electron chi connectivity index (χ1n) is 9.21. The second-order valence-electron chi connectivity index (χ2n) is 6.94. The van der Waals surface area contributed by atoms with E-state index in [1.807, 2.05) is 6.92 Å². The molecule has 0 bridgehead atoms. The summed E-state index contributed by atoms with van der Waals surface area (Å²) < 4.78 is 18.4. The molecule has 0 unspecified atom stereocenters. The van der Waals surface area contributed by atoms with Crippen molar-refractivity contribution in [2.24, 2.45) is 5.92 Å². The first kappa shape index (κ1) is 23.2. The fourth-order valence-corrected chi connectivity index (χ4v) is 2.58. The average molecular weight is 436 g/mol. The number of halogens is 2. The van der Waals surface area contributed by atoms with Crippen LogP contribution in [-0.2, 0) is 9.59 Å². The minimum absolute atomic E-state index is 0.213. The molecular formula is C21H23ClFN3O4. The van der Waals surface area contributed by atoms with Crippen LogP contribution in [-0.4, -0.2) is 30.4 Å². The maximum Gasteiger partial charge on any atom is 0.276 e. The molecule has 160 valence electrons. The molecule has 9 heteroatoms. The van der Waals surface area contributed by atoms with Gasteiger partial charge < -0.3 is 10.1 Å². The van der Waals surface area contributed by atoms with Crippen molar-refractivity contribution in [2.75, 3.05) is 6.61 Å². The highest BCUT2D eigenvalue weighted by atomic mass is 35.5. The van der Waals surface area contributed by atoms with Gasteiger partial charge in [0.15, 0.2) is 6.61 Å². The highest BCUT2D eigenvalue weighted by Crippen LogP contribution is 2.20. The SMILES string of the molecule is Cc1cc(OCC(=O)NNC(=O)[C@@H](NC(=O)c2ccc(F)cc2)C(C)C)ccc1Cl. The molecule has 3 N–H and O–H groups in total. The number of hydrazine groups is 1. The van der Waals surface area contributed by atoms with E-state index in [0.29, 0.717) is 10.8 Å². The predicted octanol–water partition coefficient (Wildman–Crippen LogP) is 2.77. The van der Waals surface area contributed by atoms with Gasteiger partial charge in [0.25, 0.3) is 17.7 Å². The normalized spacial score (nSPS) is 11.5. The number of rotatable bonds is 7. The molecule has 1 atom stereocenters. The molecule has 0 saturated heterocycles. The summed E-state index contributed by atoms with van der Waals surface area (Å²) in [5, 5.41) is 3.16. The van der Waals surface area contributed by atoms with E-state index < -0.39 is 29.6 Å². The maximum atomic E-state index is 13.0. The van der Waals surface area contributed by atoms with E-state index in [2.05, 4.69) is 16.2 Å². The Labute approximate surface area is 178 Å². The molecule has 0 radical (unpaired) electrons. The van der Waals surface area contributed by atoms with Crippen molar-refractivity contribution in [3.05, 3.63) is 64.4 Å². The van der Waals surface area contributed by atoms with Crippen LogP contribution in [0.1, 0.15) is 29.8 Å². The van der Waals surface area contributed by atoms with Gasteiger partial charge in [0.05, 0.1) is 0 Å². The van der Waals surface area contributed by atoms with Gasteiger partial charge in [-0.1, -0.05) is 25.4 Å². The van der Waals surface area contributed by atoms with Gasteiger partial charge in [-0.25, -0.2) is 4.39 Å². The van der Waals surface area contributed by atoms with E-state index in [-0.39, 0.29) is 18.1 Å². The van der Waals surface area contributed by atoms with Crippen LogP contribution in [0.2, 0.25) is 5.02 Å². The van der Waals surface area contributed by atoms with Gasteiger partial charge in [0.2, 0.25) is 0 Å². The summed E-state index contributed by atoms with van der Waals surface area (Å²) in [7, 11) is 0. The van der Waals surface area contributed by atoms with Gasteiger partial charge >= 0.3 is 0 Å². The Morgan fingerprint density at radius 2 is 1.73 bits per heavy atom. The molecule has 0 aliphatic rings. The molecule has 0 saturated carbocycles. The number of ether oxygens (including phenoxy) is 1. The van der Waals surface area contributed by atoms with Crippen molar-refractivity contribution >= 4 is 29.3 Å². The molecule has 0 aliphatic carbocycles. The Hall–Kier alpha value is -3.13. The van der Waals surface area contributed by atoms with E-state index in [1.54, 1.807) is 32.0 Å². The fraction of sp³-hybridized carbons (Fsp3) is 0.286. The van der Waals surface area contributed by atoms with Crippen molar-refractivity contribution in [1.29, 1.82) is 0 Å². The van der Waals surface area contributed by atoms with E-state index in [1.165, 1.54) is 12.1 Å². The number of hydrogen-bond donors (Lipinski definition) is 3. The molecule has 2 rings (SSSR count). The quantitative estimate of drug-likeness (QED) is 0.582. The van der Waals surface area contributed by atoms with Gasteiger partial charge in [0, 0.05) is 10.6 Å². The Morgan fingerprint density at radius 1 is 1.07 bits per heavy atom. The number of carbonyl (C=O) groups is 3. The number of carbonyl (C=O) groups excluding carboxylic acids is 3. The molecule has 0 aromatic heterocycles. The van der Waals surface area contributed by atoms with Gasteiger partial charge in [-0.05, 0) is 60.9 Å². The Morgan fingerprint density at radius 3 is 2.33 bits per heavy atom. The molecule has 3 amide bonds. The minimum Gasteiger partial charge on any atom is -0.484 e. The van der Waals surface area contributed by atoms with Crippen LogP contribution >= 0.6 is 11.6 Å². The molecule has 0 heterocycles. The highest BCUT2D eigenvalue weighted by molar-refractivity contribution is 6.31. The van der Waals surface area contributed by atoms with Crippen LogP contribution in [0.15, 0.2) is 42.5 Å². The zero-order valence-corrected chi connectivity index (χ0v) is 17.5. The summed E-state index contributed by atoms with van der Waals surface area (Å²) in [4.78, 5) is 36.6. The summed E-state index contributed by atoms with van der Waals surface area (Å²) in [5.41, 5.74) is 5.53. The van der Waals surface area contributed by atoms with E-state index >= 15 is 0 Å².